The van der Waals surface area contributed by atoms with E-state index in [1.54, 1.807) is 0 Å². The van der Waals surface area contributed by atoms with Crippen LogP contribution in [0.1, 0.15) is 49.7 Å². The zero-order valence-corrected chi connectivity index (χ0v) is 17.1. The van der Waals surface area contributed by atoms with Crippen LogP contribution < -0.4 is 10.2 Å². The van der Waals surface area contributed by atoms with E-state index in [2.05, 4.69) is 48.3 Å². The molecule has 1 fully saturated rings. The summed E-state index contributed by atoms with van der Waals surface area (Å²) in [6.07, 6.45) is 2.46. The van der Waals surface area contributed by atoms with Crippen molar-refractivity contribution in [2.45, 2.75) is 45.1 Å². The molecule has 3 heterocycles. The topological polar surface area (TPSA) is 48.5 Å². The molecule has 1 unspecified atom stereocenters. The van der Waals surface area contributed by atoms with E-state index in [0.717, 1.165) is 30.2 Å². The summed E-state index contributed by atoms with van der Waals surface area (Å²) in [5.74, 6) is 0. The van der Waals surface area contributed by atoms with Gasteiger partial charge in [-0.15, -0.1) is 0 Å². The first-order valence-electron chi connectivity index (χ1n) is 10.3. The first kappa shape index (κ1) is 18.9. The molecule has 0 radical (unpaired) electrons. The van der Waals surface area contributed by atoms with E-state index >= 15 is 0 Å². The maximum absolute atomic E-state index is 13.1. The fourth-order valence-corrected chi connectivity index (χ4v) is 4.47. The van der Waals surface area contributed by atoms with Crippen LogP contribution in [0.15, 0.2) is 42.5 Å². The van der Waals surface area contributed by atoms with Crippen molar-refractivity contribution in [3.05, 3.63) is 59.4 Å². The van der Waals surface area contributed by atoms with Crippen molar-refractivity contribution < 1.29 is 4.79 Å². The molecule has 0 bridgehead atoms. The summed E-state index contributed by atoms with van der Waals surface area (Å²) in [5, 5.41) is 3.21. The Hall–Kier alpha value is -2.40. The van der Waals surface area contributed by atoms with Crippen LogP contribution >= 0.6 is 0 Å². The van der Waals surface area contributed by atoms with Gasteiger partial charge >= 0.3 is 6.03 Å². The number of fused-ring (bicyclic) bond motifs is 1. The Morgan fingerprint density at radius 1 is 1.14 bits per heavy atom. The van der Waals surface area contributed by atoms with Crippen molar-refractivity contribution in [2.24, 2.45) is 0 Å². The number of nitrogens with one attached hydrogen (secondary N) is 1. The fraction of sp³-hybridized carbons (Fsp3) is 0.478. The van der Waals surface area contributed by atoms with E-state index in [-0.39, 0.29) is 17.5 Å². The number of amides is 2. The number of carbonyl (C=O) groups is 1. The van der Waals surface area contributed by atoms with Gasteiger partial charge in [0, 0.05) is 24.2 Å². The molecule has 2 aromatic rings. The van der Waals surface area contributed by atoms with Crippen LogP contribution in [-0.4, -0.2) is 42.1 Å². The van der Waals surface area contributed by atoms with Gasteiger partial charge in [-0.25, -0.2) is 4.79 Å². The molecule has 5 heteroatoms. The standard InChI is InChI=1S/C23H30N4O/c1-17-11-12-19-21(25-17)23(2,3)16-27(19)22(28)24-15-20(26-13-7-8-14-26)18-9-5-4-6-10-18/h4-6,9-12,20H,7-8,13-16H2,1-3H3,(H,24,28). The van der Waals surface area contributed by atoms with E-state index < -0.39 is 0 Å². The van der Waals surface area contributed by atoms with Crippen LogP contribution in [0.5, 0.6) is 0 Å². The van der Waals surface area contributed by atoms with Crippen LogP contribution in [0.3, 0.4) is 0 Å². The first-order chi connectivity index (χ1) is 13.5. The van der Waals surface area contributed by atoms with E-state index in [9.17, 15) is 4.79 Å². The zero-order chi connectivity index (χ0) is 19.7. The molecule has 1 aromatic carbocycles. The molecule has 4 rings (SSSR count). The maximum Gasteiger partial charge on any atom is 0.322 e. The normalized spacial score (nSPS) is 19.5. The number of anilines is 1. The predicted octanol–water partition coefficient (Wildman–Crippen LogP) is 4.03. The summed E-state index contributed by atoms with van der Waals surface area (Å²) in [6.45, 7) is 9.78. The maximum atomic E-state index is 13.1. The summed E-state index contributed by atoms with van der Waals surface area (Å²) in [4.78, 5) is 22.2. The van der Waals surface area contributed by atoms with E-state index in [4.69, 9.17) is 4.98 Å². The van der Waals surface area contributed by atoms with E-state index in [1.807, 2.05) is 30.0 Å². The minimum absolute atomic E-state index is 0.0300. The lowest BCUT2D eigenvalue weighted by Gasteiger charge is -2.29. The fourth-order valence-electron chi connectivity index (χ4n) is 4.47. The molecule has 0 aliphatic carbocycles. The highest BCUT2D eigenvalue weighted by Gasteiger charge is 2.39. The average molecular weight is 379 g/mol. The number of rotatable bonds is 4. The smallest absolute Gasteiger partial charge is 0.322 e. The van der Waals surface area contributed by atoms with E-state index in [0.29, 0.717) is 13.1 Å². The van der Waals surface area contributed by atoms with Gasteiger partial charge in [0.15, 0.2) is 0 Å². The molecule has 0 saturated carbocycles. The Kier molecular flexibility index (Phi) is 5.11. The molecule has 1 N–H and O–H groups in total. The largest absolute Gasteiger partial charge is 0.336 e. The van der Waals surface area contributed by atoms with Gasteiger partial charge in [0.2, 0.25) is 0 Å². The second-order valence-corrected chi connectivity index (χ2v) is 8.65. The molecular weight excluding hydrogens is 348 g/mol. The highest BCUT2D eigenvalue weighted by Crippen LogP contribution is 2.39. The summed E-state index contributed by atoms with van der Waals surface area (Å²) >= 11 is 0. The minimum atomic E-state index is -0.132. The van der Waals surface area contributed by atoms with Gasteiger partial charge in [-0.3, -0.25) is 14.8 Å². The molecule has 148 valence electrons. The molecule has 5 nitrogen and oxygen atoms in total. The Balaban J connectivity index is 1.50. The summed E-state index contributed by atoms with van der Waals surface area (Å²) in [7, 11) is 0. The van der Waals surface area contributed by atoms with Crippen LogP contribution in [-0.2, 0) is 5.41 Å². The highest BCUT2D eigenvalue weighted by atomic mass is 16.2. The third kappa shape index (κ3) is 3.63. The number of carbonyl (C=O) groups excluding carboxylic acids is 1. The van der Waals surface area contributed by atoms with Crippen molar-refractivity contribution in [2.75, 3.05) is 31.1 Å². The number of aryl methyl sites for hydroxylation is 1. The van der Waals surface area contributed by atoms with Crippen molar-refractivity contribution >= 4 is 11.7 Å². The first-order valence-corrected chi connectivity index (χ1v) is 10.3. The SMILES string of the molecule is Cc1ccc2c(n1)C(C)(C)CN2C(=O)NCC(c1ccccc1)N1CCCC1. The number of benzene rings is 1. The lowest BCUT2D eigenvalue weighted by Crippen LogP contribution is -2.44. The molecule has 2 amide bonds. The third-order valence-corrected chi connectivity index (χ3v) is 5.96. The second kappa shape index (κ2) is 7.55. The Morgan fingerprint density at radius 3 is 2.57 bits per heavy atom. The monoisotopic (exact) mass is 378 g/mol. The molecule has 2 aliphatic rings. The van der Waals surface area contributed by atoms with Gasteiger partial charge in [-0.05, 0) is 50.6 Å². The Bertz CT molecular complexity index is 843. The number of nitrogens with zero attached hydrogens (tertiary/aromatic N) is 3. The van der Waals surface area contributed by atoms with Crippen LogP contribution in [0, 0.1) is 6.92 Å². The Morgan fingerprint density at radius 2 is 1.86 bits per heavy atom. The zero-order valence-electron chi connectivity index (χ0n) is 17.1. The van der Waals surface area contributed by atoms with Gasteiger partial charge in [0.25, 0.3) is 0 Å². The number of hydrogen-bond acceptors (Lipinski definition) is 3. The lowest BCUT2D eigenvalue weighted by molar-refractivity contribution is 0.224. The van der Waals surface area contributed by atoms with Gasteiger partial charge < -0.3 is 5.32 Å². The Labute approximate surface area is 167 Å². The van der Waals surface area contributed by atoms with Crippen molar-refractivity contribution in [1.29, 1.82) is 0 Å². The molecule has 1 aromatic heterocycles. The molecule has 1 saturated heterocycles. The molecule has 2 aliphatic heterocycles. The number of urea groups is 1. The number of likely N-dealkylation sites (tertiary alicyclic amines) is 1. The van der Waals surface area contributed by atoms with E-state index in [1.165, 1.54) is 18.4 Å². The van der Waals surface area contributed by atoms with Crippen LogP contribution in [0.2, 0.25) is 0 Å². The van der Waals surface area contributed by atoms with Crippen molar-refractivity contribution in [3.8, 4) is 0 Å². The summed E-state index contributed by atoms with van der Waals surface area (Å²) < 4.78 is 0. The van der Waals surface area contributed by atoms with Gasteiger partial charge in [-0.1, -0.05) is 44.2 Å². The van der Waals surface area contributed by atoms with Gasteiger partial charge in [0.05, 0.1) is 17.4 Å². The number of hydrogen-bond donors (Lipinski definition) is 1. The van der Waals surface area contributed by atoms with Gasteiger partial charge in [-0.2, -0.15) is 0 Å². The summed E-state index contributed by atoms with van der Waals surface area (Å²) in [6, 6.07) is 14.7. The van der Waals surface area contributed by atoms with Gasteiger partial charge in [0.1, 0.15) is 0 Å². The average Bonchev–Trinajstić information content (AvgIpc) is 3.30. The quantitative estimate of drug-likeness (QED) is 0.874. The molecule has 0 spiro atoms. The minimum Gasteiger partial charge on any atom is -0.336 e. The van der Waals surface area contributed by atoms with Crippen molar-refractivity contribution in [1.82, 2.24) is 15.2 Å². The van der Waals surface area contributed by atoms with Crippen LogP contribution in [0.4, 0.5) is 10.5 Å². The molecule has 28 heavy (non-hydrogen) atoms. The van der Waals surface area contributed by atoms with Crippen LogP contribution in [0.25, 0.3) is 0 Å². The highest BCUT2D eigenvalue weighted by molar-refractivity contribution is 5.94. The second-order valence-electron chi connectivity index (χ2n) is 8.65. The predicted molar refractivity (Wildman–Crippen MR) is 113 cm³/mol. The van der Waals surface area contributed by atoms with Crippen molar-refractivity contribution in [3.63, 3.8) is 0 Å². The third-order valence-electron chi connectivity index (χ3n) is 5.96. The lowest BCUT2D eigenvalue weighted by atomic mass is 9.91. The number of pyridine rings is 1. The summed E-state index contributed by atoms with van der Waals surface area (Å²) in [5.41, 5.74) is 4.08. The number of aromatic nitrogens is 1. The molecule has 1 atom stereocenters. The molecular formula is C23H30N4O.